The Kier molecular flexibility index (Phi) is 7.01. The Morgan fingerprint density at radius 3 is 2.59 bits per heavy atom. The first-order chi connectivity index (χ1) is 16.6. The number of carbonyl (C=O) groups is 1. The molecule has 1 saturated heterocycles. The molecule has 0 radical (unpaired) electrons. The molecular formula is C31H37NO2. The molecule has 1 aliphatic carbocycles. The fourth-order valence-corrected chi connectivity index (χ4v) is 6.47. The summed E-state index contributed by atoms with van der Waals surface area (Å²) in [6.45, 7) is 3.21. The summed E-state index contributed by atoms with van der Waals surface area (Å²) in [4.78, 5) is 14.8. The number of fused-ring (bicyclic) bond motifs is 1. The summed E-state index contributed by atoms with van der Waals surface area (Å²) in [5.41, 5.74) is 3.60. The zero-order valence-corrected chi connectivity index (χ0v) is 20.3. The lowest BCUT2D eigenvalue weighted by molar-refractivity contribution is 0.0677. The number of likely N-dealkylation sites (tertiary alicyclic amines) is 1. The molecule has 1 amide bonds. The van der Waals surface area contributed by atoms with Crippen molar-refractivity contribution >= 4 is 16.7 Å². The predicted octanol–water partition coefficient (Wildman–Crippen LogP) is 6.90. The van der Waals surface area contributed by atoms with Crippen molar-refractivity contribution in [3.05, 3.63) is 83.4 Å². The minimum atomic E-state index is -0.0185. The number of carbonyl (C=O) groups excluding carboxylic acids is 1. The Labute approximate surface area is 203 Å². The number of benzene rings is 3. The molecule has 34 heavy (non-hydrogen) atoms. The lowest BCUT2D eigenvalue weighted by Gasteiger charge is -2.31. The van der Waals surface area contributed by atoms with Gasteiger partial charge in [0.1, 0.15) is 0 Å². The monoisotopic (exact) mass is 455 g/mol. The van der Waals surface area contributed by atoms with Crippen LogP contribution in [0.1, 0.15) is 85.2 Å². The van der Waals surface area contributed by atoms with Crippen LogP contribution in [0.2, 0.25) is 0 Å². The molecule has 4 atom stereocenters. The highest BCUT2D eigenvalue weighted by Crippen LogP contribution is 2.41. The molecule has 2 aliphatic rings. The van der Waals surface area contributed by atoms with Gasteiger partial charge in [-0.25, -0.2) is 0 Å². The van der Waals surface area contributed by atoms with E-state index in [4.69, 9.17) is 0 Å². The van der Waals surface area contributed by atoms with Crippen LogP contribution in [0.5, 0.6) is 0 Å². The molecule has 1 heterocycles. The van der Waals surface area contributed by atoms with Gasteiger partial charge < -0.3 is 10.0 Å². The predicted molar refractivity (Wildman–Crippen MR) is 139 cm³/mol. The zero-order chi connectivity index (χ0) is 23.5. The summed E-state index contributed by atoms with van der Waals surface area (Å²) in [6.07, 6.45) is 8.20. The summed E-state index contributed by atoms with van der Waals surface area (Å²) < 4.78 is 0. The fraction of sp³-hybridized carbons (Fsp3) is 0.452. The van der Waals surface area contributed by atoms with Crippen LogP contribution in [0, 0.1) is 5.92 Å². The molecule has 3 aromatic carbocycles. The quantitative estimate of drug-likeness (QED) is 0.439. The maximum Gasteiger partial charge on any atom is 0.254 e. The van der Waals surface area contributed by atoms with E-state index in [0.717, 1.165) is 30.9 Å². The van der Waals surface area contributed by atoms with E-state index >= 15 is 0 Å². The van der Waals surface area contributed by atoms with Crippen LogP contribution >= 0.6 is 0 Å². The molecule has 5 rings (SSSR count). The number of hydrogen-bond donors (Lipinski definition) is 1. The van der Waals surface area contributed by atoms with Crippen LogP contribution < -0.4 is 0 Å². The minimum Gasteiger partial charge on any atom is -0.394 e. The smallest absolute Gasteiger partial charge is 0.254 e. The second kappa shape index (κ2) is 10.3. The summed E-state index contributed by atoms with van der Waals surface area (Å²) in [6, 6.07) is 23.8. The van der Waals surface area contributed by atoms with Crippen molar-refractivity contribution in [1.29, 1.82) is 0 Å². The van der Waals surface area contributed by atoms with Gasteiger partial charge in [0.25, 0.3) is 5.91 Å². The Morgan fingerprint density at radius 1 is 0.971 bits per heavy atom. The number of nitrogens with zero attached hydrogens (tertiary/aromatic N) is 1. The first-order valence-corrected chi connectivity index (χ1v) is 13.1. The van der Waals surface area contributed by atoms with Crippen LogP contribution in [0.15, 0.2) is 66.7 Å². The largest absolute Gasteiger partial charge is 0.394 e. The van der Waals surface area contributed by atoms with Crippen LogP contribution in [-0.4, -0.2) is 35.1 Å². The first kappa shape index (κ1) is 23.1. The van der Waals surface area contributed by atoms with Gasteiger partial charge >= 0.3 is 0 Å². The van der Waals surface area contributed by atoms with E-state index in [2.05, 4.69) is 61.5 Å². The number of rotatable bonds is 6. The van der Waals surface area contributed by atoms with Gasteiger partial charge in [0.15, 0.2) is 0 Å². The van der Waals surface area contributed by atoms with E-state index in [1.807, 2.05) is 17.0 Å². The summed E-state index contributed by atoms with van der Waals surface area (Å²) in [5, 5.41) is 12.3. The van der Waals surface area contributed by atoms with Gasteiger partial charge in [0, 0.05) is 12.1 Å². The van der Waals surface area contributed by atoms with Gasteiger partial charge in [-0.05, 0) is 83.9 Å². The van der Waals surface area contributed by atoms with Crippen LogP contribution in [-0.2, 0) is 0 Å². The molecule has 0 spiro atoms. The SMILES string of the molecule is C[C@@H](CC1CCCC(c2ccc(C(=O)N3CCC[C@H]3CO)cc2)C1)c1cccc2ccccc12. The molecule has 2 fully saturated rings. The standard InChI is InChI=1S/C31H37NO2/c1-22(29-13-5-9-25-8-2-3-12-30(25)29)19-23-7-4-10-27(20-23)24-14-16-26(17-15-24)31(34)32-18-6-11-28(32)21-33/h2-3,5,8-9,12-17,22-23,27-28,33H,4,6-7,10-11,18-21H2,1H3/t22-,23?,27?,28-/m0/s1. The van der Waals surface area contributed by atoms with Gasteiger partial charge in [0.05, 0.1) is 12.6 Å². The Balaban J connectivity index is 1.24. The van der Waals surface area contributed by atoms with E-state index < -0.39 is 0 Å². The van der Waals surface area contributed by atoms with Gasteiger partial charge in [-0.1, -0.05) is 74.4 Å². The molecule has 1 saturated carbocycles. The summed E-state index contributed by atoms with van der Waals surface area (Å²) in [5.74, 6) is 1.94. The van der Waals surface area contributed by atoms with Crippen molar-refractivity contribution in [3.8, 4) is 0 Å². The van der Waals surface area contributed by atoms with Gasteiger partial charge in [-0.3, -0.25) is 4.79 Å². The molecule has 2 unspecified atom stereocenters. The van der Waals surface area contributed by atoms with Gasteiger partial charge in [-0.2, -0.15) is 0 Å². The molecule has 1 aliphatic heterocycles. The van der Waals surface area contributed by atoms with Crippen molar-refractivity contribution in [2.45, 2.75) is 69.7 Å². The molecule has 3 heteroatoms. The maximum atomic E-state index is 12.9. The molecule has 3 aromatic rings. The van der Waals surface area contributed by atoms with E-state index in [-0.39, 0.29) is 18.6 Å². The highest BCUT2D eigenvalue weighted by molar-refractivity contribution is 5.94. The van der Waals surface area contributed by atoms with Crippen molar-refractivity contribution in [2.24, 2.45) is 5.92 Å². The number of amides is 1. The molecule has 0 bridgehead atoms. The number of aliphatic hydroxyl groups is 1. The Hall–Kier alpha value is -2.65. The van der Waals surface area contributed by atoms with E-state index in [1.54, 1.807) is 0 Å². The number of hydrogen-bond acceptors (Lipinski definition) is 2. The van der Waals surface area contributed by atoms with Crippen molar-refractivity contribution in [1.82, 2.24) is 4.90 Å². The molecule has 3 nitrogen and oxygen atoms in total. The first-order valence-electron chi connectivity index (χ1n) is 13.1. The van der Waals surface area contributed by atoms with Crippen molar-refractivity contribution in [3.63, 3.8) is 0 Å². The topological polar surface area (TPSA) is 40.5 Å². The Bertz CT molecular complexity index is 1120. The van der Waals surface area contributed by atoms with Crippen LogP contribution in [0.3, 0.4) is 0 Å². The van der Waals surface area contributed by atoms with E-state index in [0.29, 0.717) is 11.8 Å². The van der Waals surface area contributed by atoms with Crippen LogP contribution in [0.4, 0.5) is 0 Å². The van der Waals surface area contributed by atoms with Crippen LogP contribution in [0.25, 0.3) is 10.8 Å². The third-order valence-corrected chi connectivity index (χ3v) is 8.30. The van der Waals surface area contributed by atoms with Gasteiger partial charge in [-0.15, -0.1) is 0 Å². The van der Waals surface area contributed by atoms with Crippen molar-refractivity contribution < 1.29 is 9.90 Å². The highest BCUT2D eigenvalue weighted by atomic mass is 16.3. The lowest BCUT2D eigenvalue weighted by Crippen LogP contribution is -2.37. The second-order valence-corrected chi connectivity index (χ2v) is 10.5. The number of aliphatic hydroxyl groups excluding tert-OH is 1. The van der Waals surface area contributed by atoms with E-state index in [1.165, 1.54) is 54.0 Å². The molecule has 1 N–H and O–H groups in total. The fourth-order valence-electron chi connectivity index (χ4n) is 6.47. The molecule has 178 valence electrons. The second-order valence-electron chi connectivity index (χ2n) is 10.5. The van der Waals surface area contributed by atoms with Gasteiger partial charge in [0.2, 0.25) is 0 Å². The lowest BCUT2D eigenvalue weighted by atomic mass is 9.74. The highest BCUT2D eigenvalue weighted by Gasteiger charge is 2.29. The average molecular weight is 456 g/mol. The summed E-state index contributed by atoms with van der Waals surface area (Å²) in [7, 11) is 0. The maximum absolute atomic E-state index is 12.9. The molecular weight excluding hydrogens is 418 g/mol. The zero-order valence-electron chi connectivity index (χ0n) is 20.3. The third-order valence-electron chi connectivity index (χ3n) is 8.30. The average Bonchev–Trinajstić information content (AvgIpc) is 3.37. The van der Waals surface area contributed by atoms with E-state index in [9.17, 15) is 9.90 Å². The Morgan fingerprint density at radius 2 is 1.76 bits per heavy atom. The normalized spacial score (nSPS) is 23.8. The third kappa shape index (κ3) is 4.77. The van der Waals surface area contributed by atoms with Crippen molar-refractivity contribution in [2.75, 3.05) is 13.2 Å². The minimum absolute atomic E-state index is 0.0185. The summed E-state index contributed by atoms with van der Waals surface area (Å²) >= 11 is 0. The molecule has 0 aromatic heterocycles.